The van der Waals surface area contributed by atoms with E-state index < -0.39 is 0 Å². The van der Waals surface area contributed by atoms with Gasteiger partial charge < -0.3 is 10.1 Å². The van der Waals surface area contributed by atoms with Crippen molar-refractivity contribution in [3.63, 3.8) is 0 Å². The molecule has 0 bridgehead atoms. The molecule has 21 heavy (non-hydrogen) atoms. The van der Waals surface area contributed by atoms with Crippen LogP contribution in [0.5, 0.6) is 0 Å². The minimum Gasteiger partial charge on any atom is -0.372 e. The summed E-state index contributed by atoms with van der Waals surface area (Å²) in [6.45, 7) is 4.54. The highest BCUT2D eigenvalue weighted by atomic mass is 16.5. The Morgan fingerprint density at radius 1 is 1.33 bits per heavy atom. The molecule has 1 aromatic carbocycles. The number of benzene rings is 1. The third kappa shape index (κ3) is 2.99. The lowest BCUT2D eigenvalue weighted by Crippen LogP contribution is -2.21. The zero-order valence-electron chi connectivity index (χ0n) is 12.7. The van der Waals surface area contributed by atoms with E-state index in [0.29, 0.717) is 0 Å². The van der Waals surface area contributed by atoms with Crippen LogP contribution in [0.15, 0.2) is 24.5 Å². The Kier molecular flexibility index (Phi) is 4.31. The summed E-state index contributed by atoms with van der Waals surface area (Å²) in [5, 5.41) is 7.70. The van der Waals surface area contributed by atoms with Gasteiger partial charge in [-0.25, -0.2) is 4.98 Å². The zero-order chi connectivity index (χ0) is 14.7. The van der Waals surface area contributed by atoms with Gasteiger partial charge in [0.1, 0.15) is 12.2 Å². The van der Waals surface area contributed by atoms with Gasteiger partial charge in [-0.3, -0.25) is 4.68 Å². The van der Waals surface area contributed by atoms with Crippen molar-refractivity contribution in [1.29, 1.82) is 0 Å². The van der Waals surface area contributed by atoms with E-state index >= 15 is 0 Å². The van der Waals surface area contributed by atoms with Crippen LogP contribution in [0.3, 0.4) is 0 Å². The van der Waals surface area contributed by atoms with Crippen LogP contribution in [0, 0.1) is 0 Å². The van der Waals surface area contributed by atoms with E-state index in [0.717, 1.165) is 38.4 Å². The van der Waals surface area contributed by atoms with E-state index in [1.807, 2.05) is 11.7 Å². The molecule has 5 nitrogen and oxygen atoms in total. The fourth-order valence-electron chi connectivity index (χ4n) is 2.82. The molecule has 1 aliphatic rings. The first-order valence-corrected chi connectivity index (χ1v) is 7.55. The summed E-state index contributed by atoms with van der Waals surface area (Å²) in [6, 6.07) is 6.87. The van der Waals surface area contributed by atoms with Crippen LogP contribution in [0.25, 0.3) is 0 Å². The molecule has 1 aliphatic heterocycles. The van der Waals surface area contributed by atoms with Gasteiger partial charge in [0, 0.05) is 19.0 Å². The Morgan fingerprint density at radius 3 is 3.00 bits per heavy atom. The molecule has 0 radical (unpaired) electrons. The lowest BCUT2D eigenvalue weighted by Gasteiger charge is -2.17. The lowest BCUT2D eigenvalue weighted by atomic mass is 9.99. The maximum atomic E-state index is 5.49. The largest absolute Gasteiger partial charge is 0.372 e. The number of hydrogen-bond acceptors (Lipinski definition) is 4. The molecule has 1 aromatic heterocycles. The van der Waals surface area contributed by atoms with Crippen LogP contribution >= 0.6 is 0 Å². The third-order valence-electron chi connectivity index (χ3n) is 4.01. The first kappa shape index (κ1) is 14.2. The monoisotopic (exact) mass is 286 g/mol. The molecule has 112 valence electrons. The third-order valence-corrected chi connectivity index (χ3v) is 4.01. The van der Waals surface area contributed by atoms with Crippen molar-refractivity contribution in [2.45, 2.75) is 45.6 Å². The predicted molar refractivity (Wildman–Crippen MR) is 80.8 cm³/mol. The van der Waals surface area contributed by atoms with Crippen molar-refractivity contribution < 1.29 is 4.74 Å². The first-order valence-electron chi connectivity index (χ1n) is 7.55. The Hall–Kier alpha value is -1.72. The highest BCUT2D eigenvalue weighted by molar-refractivity contribution is 5.35. The van der Waals surface area contributed by atoms with Crippen molar-refractivity contribution in [3.05, 3.63) is 47.0 Å². The summed E-state index contributed by atoms with van der Waals surface area (Å²) >= 11 is 0. The summed E-state index contributed by atoms with van der Waals surface area (Å²) in [5.74, 6) is 1.04. The van der Waals surface area contributed by atoms with Gasteiger partial charge >= 0.3 is 0 Å². The van der Waals surface area contributed by atoms with Crippen LogP contribution in [0.1, 0.15) is 41.9 Å². The SMILES string of the molecule is CCCn1ncnc1CC(NC)c1ccc2c(c1)COC2. The fraction of sp³-hybridized carbons (Fsp3) is 0.500. The molecular formula is C16H22N4O. The topological polar surface area (TPSA) is 52.0 Å². The molecule has 0 aliphatic carbocycles. The minimum absolute atomic E-state index is 0.246. The van der Waals surface area contributed by atoms with Gasteiger partial charge in [-0.15, -0.1) is 0 Å². The van der Waals surface area contributed by atoms with Gasteiger partial charge in [0.15, 0.2) is 0 Å². The number of aromatic nitrogens is 3. The van der Waals surface area contributed by atoms with Crippen molar-refractivity contribution in [1.82, 2.24) is 20.1 Å². The molecule has 2 aromatic rings. The Bertz CT molecular complexity index is 608. The Balaban J connectivity index is 1.80. The van der Waals surface area contributed by atoms with Gasteiger partial charge in [0.2, 0.25) is 0 Å². The molecule has 1 atom stereocenters. The highest BCUT2D eigenvalue weighted by Crippen LogP contribution is 2.25. The summed E-state index contributed by atoms with van der Waals surface area (Å²) in [5.41, 5.74) is 3.90. The van der Waals surface area contributed by atoms with Gasteiger partial charge in [-0.2, -0.15) is 5.10 Å². The first-order chi connectivity index (χ1) is 10.3. The minimum atomic E-state index is 0.246. The molecule has 1 N–H and O–H groups in total. The number of fused-ring (bicyclic) bond motifs is 1. The number of hydrogen-bond donors (Lipinski definition) is 1. The number of nitrogens with zero attached hydrogens (tertiary/aromatic N) is 3. The molecular weight excluding hydrogens is 264 g/mol. The number of aryl methyl sites for hydroxylation is 1. The van der Waals surface area contributed by atoms with E-state index in [2.05, 4.69) is 40.5 Å². The van der Waals surface area contributed by atoms with E-state index in [4.69, 9.17) is 4.74 Å². The smallest absolute Gasteiger partial charge is 0.138 e. The summed E-state index contributed by atoms with van der Waals surface area (Å²) in [6.07, 6.45) is 3.56. The highest BCUT2D eigenvalue weighted by Gasteiger charge is 2.17. The second-order valence-corrected chi connectivity index (χ2v) is 5.47. The maximum absolute atomic E-state index is 5.49. The van der Waals surface area contributed by atoms with Crippen molar-refractivity contribution >= 4 is 0 Å². The number of rotatable bonds is 6. The van der Waals surface area contributed by atoms with E-state index in [-0.39, 0.29) is 6.04 Å². The van der Waals surface area contributed by atoms with Crippen LogP contribution in [0.2, 0.25) is 0 Å². The second-order valence-electron chi connectivity index (χ2n) is 5.47. The lowest BCUT2D eigenvalue weighted by molar-refractivity contribution is 0.134. The van der Waals surface area contributed by atoms with Crippen molar-refractivity contribution in [2.24, 2.45) is 0 Å². The van der Waals surface area contributed by atoms with Crippen LogP contribution in [-0.2, 0) is 30.9 Å². The second kappa shape index (κ2) is 6.37. The molecule has 0 fully saturated rings. The number of ether oxygens (including phenoxy) is 1. The standard InChI is InChI=1S/C16H22N4O/c1-3-6-20-16(18-11-19-20)8-15(17-2)12-4-5-13-9-21-10-14(13)7-12/h4-5,7,11,15,17H,3,6,8-10H2,1-2H3. The van der Waals surface area contributed by atoms with Crippen molar-refractivity contribution in [2.75, 3.05) is 7.05 Å². The predicted octanol–water partition coefficient (Wildman–Crippen LogP) is 2.22. The van der Waals surface area contributed by atoms with Gasteiger partial charge in [-0.1, -0.05) is 25.1 Å². The molecule has 0 saturated heterocycles. The summed E-state index contributed by atoms with van der Waals surface area (Å²) < 4.78 is 7.49. The van der Waals surface area contributed by atoms with Crippen LogP contribution in [0.4, 0.5) is 0 Å². The molecule has 1 unspecified atom stereocenters. The fourth-order valence-corrected chi connectivity index (χ4v) is 2.82. The zero-order valence-corrected chi connectivity index (χ0v) is 12.7. The number of nitrogens with one attached hydrogen (secondary N) is 1. The molecule has 3 rings (SSSR count). The molecule has 0 spiro atoms. The number of likely N-dealkylation sites (N-methyl/N-ethyl adjacent to an activating group) is 1. The average Bonchev–Trinajstić information content (AvgIpc) is 3.13. The van der Waals surface area contributed by atoms with E-state index in [9.17, 15) is 0 Å². The van der Waals surface area contributed by atoms with E-state index in [1.165, 1.54) is 16.7 Å². The molecule has 2 heterocycles. The van der Waals surface area contributed by atoms with Crippen molar-refractivity contribution in [3.8, 4) is 0 Å². The maximum Gasteiger partial charge on any atom is 0.138 e. The van der Waals surface area contributed by atoms with Crippen LogP contribution in [-0.4, -0.2) is 21.8 Å². The quantitative estimate of drug-likeness (QED) is 0.884. The van der Waals surface area contributed by atoms with Gasteiger partial charge in [0.05, 0.1) is 13.2 Å². The van der Waals surface area contributed by atoms with Gasteiger partial charge in [0.25, 0.3) is 0 Å². The van der Waals surface area contributed by atoms with Gasteiger partial charge in [-0.05, 0) is 30.2 Å². The normalized spacial score (nSPS) is 15.1. The average molecular weight is 286 g/mol. The van der Waals surface area contributed by atoms with E-state index in [1.54, 1.807) is 6.33 Å². The summed E-state index contributed by atoms with van der Waals surface area (Å²) in [7, 11) is 1.99. The molecule has 5 heteroatoms. The molecule has 0 amide bonds. The summed E-state index contributed by atoms with van der Waals surface area (Å²) in [4.78, 5) is 4.41. The van der Waals surface area contributed by atoms with Crippen LogP contribution < -0.4 is 5.32 Å². The molecule has 0 saturated carbocycles. The Labute approximate surface area is 125 Å². The Morgan fingerprint density at radius 2 is 2.19 bits per heavy atom.